The summed E-state index contributed by atoms with van der Waals surface area (Å²) in [6, 6.07) is 6.83. The highest BCUT2D eigenvalue weighted by Crippen LogP contribution is 2.39. The second kappa shape index (κ2) is 6.29. The number of fused-ring (bicyclic) bond motifs is 1. The van der Waals surface area contributed by atoms with E-state index in [4.69, 9.17) is 4.99 Å². The fourth-order valence-corrected chi connectivity index (χ4v) is 4.57. The van der Waals surface area contributed by atoms with Crippen molar-refractivity contribution < 1.29 is 0 Å². The summed E-state index contributed by atoms with van der Waals surface area (Å²) in [6.45, 7) is 8.46. The lowest BCUT2D eigenvalue weighted by atomic mass is 9.96. The number of aliphatic imine (C=N–C) groups is 1. The molecule has 0 amide bonds. The maximum atomic E-state index is 9.57. The van der Waals surface area contributed by atoms with Crippen LogP contribution in [0.15, 0.2) is 17.1 Å². The fraction of sp³-hybridized carbons (Fsp3) is 0.400. The molecule has 0 N–H and O–H groups in total. The molecule has 0 saturated carbocycles. The predicted molar refractivity (Wildman–Crippen MR) is 98.2 cm³/mol. The quantitative estimate of drug-likeness (QED) is 0.666. The van der Waals surface area contributed by atoms with Crippen LogP contribution in [-0.2, 0) is 12.8 Å². The first-order valence-electron chi connectivity index (χ1n) is 8.19. The SMILES string of the molecule is C/C(=N/c1sc2c(c1C#N)CCCC2)c1cc(C)c(C)cc1C. The second-order valence-corrected chi connectivity index (χ2v) is 7.54. The summed E-state index contributed by atoms with van der Waals surface area (Å²) in [4.78, 5) is 6.22. The zero-order valence-electron chi connectivity index (χ0n) is 14.3. The van der Waals surface area contributed by atoms with Crippen molar-refractivity contribution in [3.05, 3.63) is 50.4 Å². The van der Waals surface area contributed by atoms with Crippen molar-refractivity contribution in [3.8, 4) is 6.07 Å². The van der Waals surface area contributed by atoms with E-state index in [0.717, 1.165) is 29.1 Å². The van der Waals surface area contributed by atoms with Gasteiger partial charge in [-0.1, -0.05) is 6.07 Å². The first-order chi connectivity index (χ1) is 11.0. The van der Waals surface area contributed by atoms with Gasteiger partial charge in [-0.2, -0.15) is 5.26 Å². The van der Waals surface area contributed by atoms with E-state index >= 15 is 0 Å². The van der Waals surface area contributed by atoms with Gasteiger partial charge in [0, 0.05) is 10.6 Å². The fourth-order valence-electron chi connectivity index (χ4n) is 3.31. The van der Waals surface area contributed by atoms with Crippen LogP contribution in [0.5, 0.6) is 0 Å². The Morgan fingerprint density at radius 1 is 1.09 bits per heavy atom. The van der Waals surface area contributed by atoms with E-state index in [2.05, 4.69) is 45.9 Å². The molecule has 1 heterocycles. The van der Waals surface area contributed by atoms with Crippen molar-refractivity contribution in [2.75, 3.05) is 0 Å². The van der Waals surface area contributed by atoms with Gasteiger partial charge in [0.2, 0.25) is 0 Å². The Morgan fingerprint density at radius 2 is 1.78 bits per heavy atom. The van der Waals surface area contributed by atoms with E-state index in [1.807, 2.05) is 0 Å². The van der Waals surface area contributed by atoms with E-state index in [0.29, 0.717) is 0 Å². The number of thiophene rings is 1. The van der Waals surface area contributed by atoms with Gasteiger partial charge < -0.3 is 0 Å². The summed E-state index contributed by atoms with van der Waals surface area (Å²) in [6.07, 6.45) is 4.56. The predicted octanol–water partition coefficient (Wildman–Crippen LogP) is 5.56. The molecular weight excluding hydrogens is 300 g/mol. The standard InChI is InChI=1S/C20H22N2S/c1-12-9-14(3)17(10-13(12)2)15(4)22-20-18(11-21)16-7-5-6-8-19(16)23-20/h9-10H,5-8H2,1-4H3/b22-15-. The summed E-state index contributed by atoms with van der Waals surface area (Å²) in [5.74, 6) is 0. The van der Waals surface area contributed by atoms with Crippen LogP contribution < -0.4 is 0 Å². The van der Waals surface area contributed by atoms with E-state index < -0.39 is 0 Å². The van der Waals surface area contributed by atoms with Crippen LogP contribution >= 0.6 is 11.3 Å². The molecule has 1 aliphatic carbocycles. The van der Waals surface area contributed by atoms with E-state index in [1.165, 1.54) is 45.5 Å². The Balaban J connectivity index is 2.07. The highest BCUT2D eigenvalue weighted by Gasteiger charge is 2.20. The molecule has 2 aromatic rings. The van der Waals surface area contributed by atoms with Crippen molar-refractivity contribution in [1.82, 2.24) is 0 Å². The van der Waals surface area contributed by atoms with Crippen LogP contribution in [0.4, 0.5) is 5.00 Å². The van der Waals surface area contributed by atoms with Crippen molar-refractivity contribution in [2.45, 2.75) is 53.4 Å². The zero-order chi connectivity index (χ0) is 16.6. The third-order valence-electron chi connectivity index (χ3n) is 4.76. The zero-order valence-corrected chi connectivity index (χ0v) is 15.1. The molecule has 0 unspecified atom stereocenters. The molecule has 23 heavy (non-hydrogen) atoms. The van der Waals surface area contributed by atoms with Crippen LogP contribution in [0, 0.1) is 32.1 Å². The summed E-state index contributed by atoms with van der Waals surface area (Å²) < 4.78 is 0. The van der Waals surface area contributed by atoms with E-state index in [1.54, 1.807) is 11.3 Å². The van der Waals surface area contributed by atoms with Gasteiger partial charge >= 0.3 is 0 Å². The molecule has 1 aromatic heterocycles. The number of aryl methyl sites for hydroxylation is 4. The summed E-state index contributed by atoms with van der Waals surface area (Å²) in [7, 11) is 0. The van der Waals surface area contributed by atoms with Crippen LogP contribution in [-0.4, -0.2) is 5.71 Å². The molecule has 118 valence electrons. The van der Waals surface area contributed by atoms with Gasteiger partial charge in [-0.25, -0.2) is 4.99 Å². The normalized spacial score (nSPS) is 14.5. The maximum absolute atomic E-state index is 9.57. The lowest BCUT2D eigenvalue weighted by molar-refractivity contribution is 0.696. The number of hydrogen-bond acceptors (Lipinski definition) is 3. The van der Waals surface area contributed by atoms with Gasteiger partial charge in [0.15, 0.2) is 0 Å². The van der Waals surface area contributed by atoms with Gasteiger partial charge in [0.1, 0.15) is 11.1 Å². The molecule has 0 atom stereocenters. The molecule has 2 nitrogen and oxygen atoms in total. The van der Waals surface area contributed by atoms with Crippen molar-refractivity contribution in [2.24, 2.45) is 4.99 Å². The molecular formula is C20H22N2S. The Hall–Kier alpha value is -1.92. The lowest BCUT2D eigenvalue weighted by Crippen LogP contribution is -2.00. The van der Waals surface area contributed by atoms with Crippen LogP contribution in [0.2, 0.25) is 0 Å². The van der Waals surface area contributed by atoms with Crippen molar-refractivity contribution >= 4 is 22.0 Å². The van der Waals surface area contributed by atoms with Gasteiger partial charge in [-0.3, -0.25) is 0 Å². The molecule has 1 aliphatic rings. The Kier molecular flexibility index (Phi) is 4.37. The minimum atomic E-state index is 0.811. The number of nitriles is 1. The Labute approximate surface area is 142 Å². The van der Waals surface area contributed by atoms with Crippen molar-refractivity contribution in [3.63, 3.8) is 0 Å². The molecule has 0 bridgehead atoms. The molecule has 0 radical (unpaired) electrons. The molecule has 3 heteroatoms. The van der Waals surface area contributed by atoms with Gasteiger partial charge in [0.05, 0.1) is 5.56 Å². The first-order valence-corrected chi connectivity index (χ1v) is 9.01. The lowest BCUT2D eigenvalue weighted by Gasteiger charge is -2.10. The molecule has 0 spiro atoms. The van der Waals surface area contributed by atoms with Gasteiger partial charge in [0.25, 0.3) is 0 Å². The highest BCUT2D eigenvalue weighted by atomic mass is 32.1. The number of benzene rings is 1. The summed E-state index contributed by atoms with van der Waals surface area (Å²) >= 11 is 1.71. The Morgan fingerprint density at radius 3 is 2.52 bits per heavy atom. The summed E-state index contributed by atoms with van der Waals surface area (Å²) in [5.41, 5.74) is 8.09. The molecule has 0 saturated heterocycles. The number of nitrogens with zero attached hydrogens (tertiary/aromatic N) is 2. The van der Waals surface area contributed by atoms with E-state index in [9.17, 15) is 5.26 Å². The van der Waals surface area contributed by atoms with Gasteiger partial charge in [-0.15, -0.1) is 11.3 Å². The third-order valence-corrected chi connectivity index (χ3v) is 5.95. The summed E-state index contributed by atoms with van der Waals surface area (Å²) in [5, 5.41) is 10.5. The van der Waals surface area contributed by atoms with Gasteiger partial charge in [-0.05, 0) is 87.3 Å². The average Bonchev–Trinajstić information content (AvgIpc) is 2.87. The smallest absolute Gasteiger partial charge is 0.134 e. The largest absolute Gasteiger partial charge is 0.241 e. The second-order valence-electron chi connectivity index (χ2n) is 6.45. The molecule has 0 aliphatic heterocycles. The first kappa shape index (κ1) is 16.0. The van der Waals surface area contributed by atoms with E-state index in [-0.39, 0.29) is 0 Å². The minimum Gasteiger partial charge on any atom is -0.241 e. The van der Waals surface area contributed by atoms with Crippen molar-refractivity contribution in [1.29, 1.82) is 5.26 Å². The maximum Gasteiger partial charge on any atom is 0.134 e. The van der Waals surface area contributed by atoms with Crippen LogP contribution in [0.3, 0.4) is 0 Å². The number of hydrogen-bond donors (Lipinski definition) is 0. The topological polar surface area (TPSA) is 36.1 Å². The molecule has 0 fully saturated rings. The molecule has 3 rings (SSSR count). The van der Waals surface area contributed by atoms with Crippen LogP contribution in [0.1, 0.15) is 58.0 Å². The monoisotopic (exact) mass is 322 g/mol. The minimum absolute atomic E-state index is 0.811. The highest BCUT2D eigenvalue weighted by molar-refractivity contribution is 7.16. The molecule has 1 aromatic carbocycles. The van der Waals surface area contributed by atoms with Crippen LogP contribution in [0.25, 0.3) is 0 Å². The third kappa shape index (κ3) is 2.96. The number of rotatable bonds is 2. The Bertz CT molecular complexity index is 834. The average molecular weight is 322 g/mol.